The molecule has 2 aromatic carbocycles. The fourth-order valence-electron chi connectivity index (χ4n) is 2.37. The molecule has 0 saturated heterocycles. The molecule has 1 heterocycles. The summed E-state index contributed by atoms with van der Waals surface area (Å²) in [6, 6.07) is 10.5. The molecule has 1 aromatic heterocycles. The van der Waals surface area contributed by atoms with Crippen molar-refractivity contribution in [1.82, 2.24) is 9.55 Å². The predicted octanol–water partition coefficient (Wildman–Crippen LogP) is 3.98. The molecule has 0 saturated carbocycles. The number of benzene rings is 2. The van der Waals surface area contributed by atoms with Gasteiger partial charge in [0.25, 0.3) is 0 Å². The third-order valence-electron chi connectivity index (χ3n) is 3.63. The molecule has 1 N–H and O–H groups in total. The van der Waals surface area contributed by atoms with Crippen LogP contribution >= 0.6 is 11.8 Å². The van der Waals surface area contributed by atoms with Gasteiger partial charge in [-0.3, -0.25) is 4.57 Å². The van der Waals surface area contributed by atoms with Crippen molar-refractivity contribution >= 4 is 11.8 Å². The zero-order valence-electron chi connectivity index (χ0n) is 13.4. The highest BCUT2D eigenvalue weighted by Crippen LogP contribution is 2.28. The van der Waals surface area contributed by atoms with Gasteiger partial charge in [-0.1, -0.05) is 17.8 Å². The number of imidazole rings is 1. The van der Waals surface area contributed by atoms with Crippen molar-refractivity contribution in [2.45, 2.75) is 11.3 Å². The molecule has 7 heteroatoms. The largest absolute Gasteiger partial charge is 0.497 e. The Labute approximate surface area is 148 Å². The maximum atomic E-state index is 13.7. The summed E-state index contributed by atoms with van der Waals surface area (Å²) in [5.41, 5.74) is 0.790. The van der Waals surface area contributed by atoms with Gasteiger partial charge in [-0.05, 0) is 30.3 Å². The van der Waals surface area contributed by atoms with E-state index in [-0.39, 0.29) is 11.3 Å². The van der Waals surface area contributed by atoms with Gasteiger partial charge in [0, 0.05) is 29.8 Å². The van der Waals surface area contributed by atoms with Crippen LogP contribution in [-0.4, -0.2) is 27.5 Å². The molecule has 0 amide bonds. The molecule has 4 nitrogen and oxygen atoms in total. The number of aromatic nitrogens is 2. The molecule has 0 spiro atoms. The van der Waals surface area contributed by atoms with E-state index in [9.17, 15) is 13.9 Å². The molecule has 130 valence electrons. The lowest BCUT2D eigenvalue weighted by molar-refractivity contribution is 0.198. The minimum atomic E-state index is -1.14. The Bertz CT molecular complexity index is 870. The molecule has 0 bridgehead atoms. The lowest BCUT2D eigenvalue weighted by Gasteiger charge is -2.13. The van der Waals surface area contributed by atoms with Crippen molar-refractivity contribution in [1.29, 1.82) is 0 Å². The maximum Gasteiger partial charge on any atom is 0.172 e. The van der Waals surface area contributed by atoms with Crippen LogP contribution in [-0.2, 0) is 0 Å². The van der Waals surface area contributed by atoms with Gasteiger partial charge in [0.1, 0.15) is 17.4 Å². The molecule has 1 atom stereocenters. The minimum Gasteiger partial charge on any atom is -0.497 e. The first kappa shape index (κ1) is 17.4. The Hall–Kier alpha value is -2.38. The lowest BCUT2D eigenvalue weighted by Crippen LogP contribution is -2.05. The van der Waals surface area contributed by atoms with Crippen LogP contribution in [0.4, 0.5) is 8.78 Å². The number of hydrogen-bond acceptors (Lipinski definition) is 4. The summed E-state index contributed by atoms with van der Waals surface area (Å²) in [4.78, 5) is 4.26. The van der Waals surface area contributed by atoms with Gasteiger partial charge >= 0.3 is 0 Å². The van der Waals surface area contributed by atoms with Crippen molar-refractivity contribution < 1.29 is 18.6 Å². The van der Waals surface area contributed by atoms with Crippen LogP contribution in [0.3, 0.4) is 0 Å². The van der Waals surface area contributed by atoms with Gasteiger partial charge in [-0.15, -0.1) is 0 Å². The maximum absolute atomic E-state index is 13.7. The third kappa shape index (κ3) is 4.00. The molecule has 0 fully saturated rings. The van der Waals surface area contributed by atoms with E-state index in [2.05, 4.69) is 4.98 Å². The van der Waals surface area contributed by atoms with Gasteiger partial charge in [0.15, 0.2) is 5.16 Å². The molecule has 0 radical (unpaired) electrons. The number of aliphatic hydroxyl groups is 1. The Morgan fingerprint density at radius 2 is 2.08 bits per heavy atom. The van der Waals surface area contributed by atoms with Gasteiger partial charge in [0.2, 0.25) is 0 Å². The quantitative estimate of drug-likeness (QED) is 0.674. The van der Waals surface area contributed by atoms with E-state index in [0.717, 1.165) is 23.9 Å². The van der Waals surface area contributed by atoms with E-state index in [1.54, 1.807) is 19.5 Å². The highest BCUT2D eigenvalue weighted by Gasteiger charge is 2.16. The van der Waals surface area contributed by atoms with Crippen LogP contribution in [0.5, 0.6) is 5.75 Å². The molecular weight excluding hydrogens is 346 g/mol. The summed E-state index contributed by atoms with van der Waals surface area (Å²) < 4.78 is 34.1. The summed E-state index contributed by atoms with van der Waals surface area (Å²) in [5.74, 6) is -0.366. The van der Waals surface area contributed by atoms with Crippen LogP contribution in [0.15, 0.2) is 60.0 Å². The van der Waals surface area contributed by atoms with Gasteiger partial charge in [-0.2, -0.15) is 0 Å². The first-order valence-electron chi connectivity index (χ1n) is 7.52. The Morgan fingerprint density at radius 1 is 1.24 bits per heavy atom. The van der Waals surface area contributed by atoms with Gasteiger partial charge < -0.3 is 9.84 Å². The molecule has 0 aliphatic carbocycles. The summed E-state index contributed by atoms with van der Waals surface area (Å²) in [6.45, 7) is 0. The monoisotopic (exact) mass is 362 g/mol. The van der Waals surface area contributed by atoms with Gasteiger partial charge in [-0.25, -0.2) is 13.8 Å². The number of halogens is 2. The number of methoxy groups -OCH3 is 1. The molecule has 3 rings (SSSR count). The normalized spacial score (nSPS) is 12.2. The summed E-state index contributed by atoms with van der Waals surface area (Å²) in [5, 5.41) is 10.8. The van der Waals surface area contributed by atoms with Gasteiger partial charge in [0.05, 0.1) is 18.9 Å². The Balaban J connectivity index is 1.76. The summed E-state index contributed by atoms with van der Waals surface area (Å²) in [7, 11) is 1.59. The topological polar surface area (TPSA) is 47.3 Å². The number of ether oxygens (including phenoxy) is 1. The van der Waals surface area contributed by atoms with Crippen molar-refractivity contribution in [2.75, 3.05) is 12.9 Å². The number of aliphatic hydroxyl groups excluding tert-OH is 1. The van der Waals surface area contributed by atoms with Crippen molar-refractivity contribution in [3.8, 4) is 11.4 Å². The average molecular weight is 362 g/mol. The van der Waals surface area contributed by atoms with Crippen LogP contribution < -0.4 is 4.74 Å². The van der Waals surface area contributed by atoms with E-state index < -0.39 is 17.7 Å². The molecule has 1 unspecified atom stereocenters. The molecule has 25 heavy (non-hydrogen) atoms. The Kier molecular flexibility index (Phi) is 5.35. The number of rotatable bonds is 6. The van der Waals surface area contributed by atoms with Crippen LogP contribution in [0.25, 0.3) is 5.69 Å². The predicted molar refractivity (Wildman–Crippen MR) is 92.2 cm³/mol. The third-order valence-corrected chi connectivity index (χ3v) is 4.67. The second kappa shape index (κ2) is 7.67. The van der Waals surface area contributed by atoms with Crippen molar-refractivity contribution in [3.05, 3.63) is 72.1 Å². The molecule has 0 aliphatic rings. The SMILES string of the molecule is COc1cccc(-n2ccnc2SCC(O)c2cc(F)ccc2F)c1. The standard InChI is InChI=1S/C18H16F2N2O2S/c1-24-14-4-2-3-13(10-14)22-8-7-21-18(22)25-11-17(23)15-9-12(19)5-6-16(15)20/h2-10,17,23H,11H2,1H3. The van der Waals surface area contributed by atoms with Crippen molar-refractivity contribution in [2.24, 2.45) is 0 Å². The molecular formula is C18H16F2N2O2S. The van der Waals surface area contributed by atoms with E-state index in [0.29, 0.717) is 10.9 Å². The average Bonchev–Trinajstić information content (AvgIpc) is 3.10. The van der Waals surface area contributed by atoms with E-state index in [4.69, 9.17) is 4.74 Å². The first-order chi connectivity index (χ1) is 12.1. The van der Waals surface area contributed by atoms with E-state index >= 15 is 0 Å². The van der Waals surface area contributed by atoms with Crippen LogP contribution in [0, 0.1) is 11.6 Å². The number of thioether (sulfide) groups is 1. The zero-order chi connectivity index (χ0) is 17.8. The van der Waals surface area contributed by atoms with E-state index in [1.165, 1.54) is 11.8 Å². The molecule has 3 aromatic rings. The second-order valence-electron chi connectivity index (χ2n) is 5.27. The fraction of sp³-hybridized carbons (Fsp3) is 0.167. The van der Waals surface area contributed by atoms with Crippen molar-refractivity contribution in [3.63, 3.8) is 0 Å². The highest BCUT2D eigenvalue weighted by atomic mass is 32.2. The Morgan fingerprint density at radius 3 is 2.88 bits per heavy atom. The van der Waals surface area contributed by atoms with Crippen LogP contribution in [0.1, 0.15) is 11.7 Å². The number of hydrogen-bond donors (Lipinski definition) is 1. The molecule has 0 aliphatic heterocycles. The fourth-order valence-corrected chi connectivity index (χ4v) is 3.29. The van der Waals surface area contributed by atoms with Crippen LogP contribution in [0.2, 0.25) is 0 Å². The minimum absolute atomic E-state index is 0.0630. The first-order valence-corrected chi connectivity index (χ1v) is 8.50. The zero-order valence-corrected chi connectivity index (χ0v) is 14.2. The van der Waals surface area contributed by atoms with E-state index in [1.807, 2.05) is 28.8 Å². The summed E-state index contributed by atoms with van der Waals surface area (Å²) in [6.07, 6.45) is 2.28. The number of nitrogens with zero attached hydrogens (tertiary/aromatic N) is 2. The second-order valence-corrected chi connectivity index (χ2v) is 6.26. The smallest absolute Gasteiger partial charge is 0.172 e. The summed E-state index contributed by atoms with van der Waals surface area (Å²) >= 11 is 1.25. The lowest BCUT2D eigenvalue weighted by atomic mass is 10.1. The highest BCUT2D eigenvalue weighted by molar-refractivity contribution is 7.99.